The molecule has 3 N–H and O–H groups in total. The average Bonchev–Trinajstić information content (AvgIpc) is 3.14. The topological polar surface area (TPSA) is 117 Å². The number of hydrogen-bond acceptors (Lipinski definition) is 6. The van der Waals surface area contributed by atoms with Crippen LogP contribution in [-0.4, -0.2) is 42.3 Å². The number of carbonyl (C=O) groups is 1. The second kappa shape index (κ2) is 7.26. The molecule has 0 aliphatic heterocycles. The highest BCUT2D eigenvalue weighted by molar-refractivity contribution is 5.88. The van der Waals surface area contributed by atoms with Crippen LogP contribution in [0.1, 0.15) is 32.1 Å². The van der Waals surface area contributed by atoms with E-state index in [4.69, 9.17) is 0 Å². The Labute approximate surface area is 170 Å². The number of anilines is 1. The van der Waals surface area contributed by atoms with Crippen LogP contribution in [0, 0.1) is 29.4 Å². The quantitative estimate of drug-likeness (QED) is 0.586. The van der Waals surface area contributed by atoms with Gasteiger partial charge in [-0.15, -0.1) is 0 Å². The zero-order valence-electron chi connectivity index (χ0n) is 16.0. The van der Waals surface area contributed by atoms with E-state index >= 15 is 0 Å². The maximum atomic E-state index is 14.6. The van der Waals surface area contributed by atoms with Crippen molar-refractivity contribution in [3.05, 3.63) is 30.1 Å². The number of carboxylic acid groups (broad SMARTS) is 1. The van der Waals surface area contributed by atoms with Crippen LogP contribution in [0.3, 0.4) is 0 Å². The molecule has 8 nitrogen and oxygen atoms in total. The van der Waals surface area contributed by atoms with Crippen LogP contribution in [0.4, 0.5) is 14.6 Å². The van der Waals surface area contributed by atoms with E-state index in [1.807, 2.05) is 0 Å². The number of aromatic nitrogens is 5. The van der Waals surface area contributed by atoms with Gasteiger partial charge in [0, 0.05) is 6.04 Å². The predicted octanol–water partition coefficient (Wildman–Crippen LogP) is 3.38. The number of nitrogens with zero attached hydrogens (tertiary/aromatic N) is 4. The minimum Gasteiger partial charge on any atom is -0.481 e. The fraction of sp³-hybridized carbons (Fsp3) is 0.450. The van der Waals surface area contributed by atoms with E-state index in [1.165, 1.54) is 6.07 Å². The Hall–Kier alpha value is -3.17. The average molecular weight is 414 g/mol. The van der Waals surface area contributed by atoms with E-state index in [0.29, 0.717) is 22.6 Å². The van der Waals surface area contributed by atoms with Crippen LogP contribution in [-0.2, 0) is 4.79 Å². The number of aromatic amines is 1. The first-order valence-corrected chi connectivity index (χ1v) is 10.0. The summed E-state index contributed by atoms with van der Waals surface area (Å²) in [5.74, 6) is -1.30. The molecule has 3 aromatic heterocycles. The number of nitrogens with one attached hydrogen (secondary N) is 2. The van der Waals surface area contributed by atoms with Crippen LogP contribution in [0.15, 0.2) is 18.5 Å². The Balaban J connectivity index is 1.49. The van der Waals surface area contributed by atoms with E-state index in [2.05, 4.69) is 30.5 Å². The summed E-state index contributed by atoms with van der Waals surface area (Å²) in [5.41, 5.74) is 0.646. The van der Waals surface area contributed by atoms with E-state index in [9.17, 15) is 18.7 Å². The first kappa shape index (κ1) is 18.8. The lowest BCUT2D eigenvalue weighted by molar-refractivity contribution is -0.139. The number of carboxylic acids is 1. The van der Waals surface area contributed by atoms with Crippen LogP contribution in [0.5, 0.6) is 0 Å². The van der Waals surface area contributed by atoms with E-state index in [1.54, 1.807) is 0 Å². The zero-order valence-corrected chi connectivity index (χ0v) is 16.0. The highest BCUT2D eigenvalue weighted by Gasteiger charge is 2.44. The van der Waals surface area contributed by atoms with Gasteiger partial charge in [-0.05, 0) is 49.5 Å². The maximum Gasteiger partial charge on any atom is 0.303 e. The van der Waals surface area contributed by atoms with Crippen molar-refractivity contribution in [3.63, 3.8) is 0 Å². The van der Waals surface area contributed by atoms with Crippen molar-refractivity contribution in [2.24, 2.45) is 17.8 Å². The fourth-order valence-electron chi connectivity index (χ4n) is 5.09. The monoisotopic (exact) mass is 414 g/mol. The number of fused-ring (bicyclic) bond motifs is 4. The molecule has 2 bridgehead atoms. The van der Waals surface area contributed by atoms with E-state index in [0.717, 1.165) is 38.1 Å². The molecular weight excluding hydrogens is 394 g/mol. The molecule has 0 aromatic carbocycles. The summed E-state index contributed by atoms with van der Waals surface area (Å²) in [6, 6.07) is 1.10. The van der Waals surface area contributed by atoms with E-state index < -0.39 is 17.6 Å². The van der Waals surface area contributed by atoms with Gasteiger partial charge in [-0.2, -0.15) is 5.10 Å². The third kappa shape index (κ3) is 3.25. The molecule has 10 heteroatoms. The summed E-state index contributed by atoms with van der Waals surface area (Å²) in [6.07, 6.45) is 6.17. The second-order valence-electron chi connectivity index (χ2n) is 8.12. The molecule has 3 aliphatic carbocycles. The van der Waals surface area contributed by atoms with Crippen molar-refractivity contribution >= 4 is 22.8 Å². The number of pyridine rings is 1. The third-order valence-electron chi connectivity index (χ3n) is 6.45. The van der Waals surface area contributed by atoms with Crippen LogP contribution in [0.25, 0.3) is 22.6 Å². The van der Waals surface area contributed by atoms with E-state index in [-0.39, 0.29) is 35.9 Å². The van der Waals surface area contributed by atoms with Gasteiger partial charge in [-0.1, -0.05) is 0 Å². The predicted molar refractivity (Wildman–Crippen MR) is 103 cm³/mol. The number of rotatable bonds is 5. The van der Waals surface area contributed by atoms with Crippen LogP contribution < -0.4 is 5.32 Å². The molecule has 3 aromatic rings. The Kier molecular flexibility index (Phi) is 4.56. The lowest BCUT2D eigenvalue weighted by Gasteiger charge is -2.48. The minimum absolute atomic E-state index is 0.0139. The lowest BCUT2D eigenvalue weighted by atomic mass is 9.61. The van der Waals surface area contributed by atoms with Crippen molar-refractivity contribution in [2.75, 3.05) is 5.32 Å². The standard InChI is InChI=1S/C20H20F2N6O2/c21-11-5-13-17(27-28-18(13)23-7-11)20-24-8-14(22)19(26-20)25-16-10-3-1-9(2-4-10)12(16)6-15(29)30/h5,7-10,12,16H,1-4,6H2,(H,29,30)(H,23,27,28)(H,24,25,26)/t9?,10?,12-,16+/m0/s1. The molecule has 3 saturated carbocycles. The van der Waals surface area contributed by atoms with Crippen molar-refractivity contribution in [3.8, 4) is 11.5 Å². The Bertz CT molecular complexity index is 1110. The second-order valence-corrected chi connectivity index (χ2v) is 8.12. The summed E-state index contributed by atoms with van der Waals surface area (Å²) in [6.45, 7) is 0. The van der Waals surface area contributed by atoms with Crippen molar-refractivity contribution < 1.29 is 18.7 Å². The van der Waals surface area contributed by atoms with Crippen LogP contribution in [0.2, 0.25) is 0 Å². The molecule has 0 unspecified atom stereocenters. The summed E-state index contributed by atoms with van der Waals surface area (Å²) >= 11 is 0. The van der Waals surface area contributed by atoms with Gasteiger partial charge >= 0.3 is 5.97 Å². The number of H-pyrrole nitrogens is 1. The summed E-state index contributed by atoms with van der Waals surface area (Å²) in [4.78, 5) is 23.6. The molecule has 30 heavy (non-hydrogen) atoms. The van der Waals surface area contributed by atoms with Crippen molar-refractivity contribution in [1.29, 1.82) is 0 Å². The fourth-order valence-corrected chi connectivity index (χ4v) is 5.09. The molecule has 6 rings (SSSR count). The van der Waals surface area contributed by atoms with Crippen molar-refractivity contribution in [1.82, 2.24) is 25.1 Å². The number of aliphatic carboxylic acids is 1. The highest BCUT2D eigenvalue weighted by atomic mass is 19.1. The summed E-state index contributed by atoms with van der Waals surface area (Å²) in [7, 11) is 0. The SMILES string of the molecule is O=C(O)C[C@H]1C2CCC(CC2)[C@H]1Nc1nc(-c2[nH]nc3ncc(F)cc23)ncc1F. The molecule has 3 fully saturated rings. The molecule has 0 radical (unpaired) electrons. The smallest absolute Gasteiger partial charge is 0.303 e. The van der Waals surface area contributed by atoms with Gasteiger partial charge in [0.2, 0.25) is 0 Å². The molecule has 0 spiro atoms. The number of hydrogen-bond donors (Lipinski definition) is 3. The lowest BCUT2D eigenvalue weighted by Crippen LogP contribution is -2.49. The minimum atomic E-state index is -0.846. The van der Waals surface area contributed by atoms with Gasteiger partial charge < -0.3 is 10.4 Å². The largest absolute Gasteiger partial charge is 0.481 e. The third-order valence-corrected chi connectivity index (χ3v) is 6.45. The Morgan fingerprint density at radius 1 is 1.17 bits per heavy atom. The van der Waals surface area contributed by atoms with Gasteiger partial charge in [0.05, 0.1) is 24.2 Å². The molecule has 156 valence electrons. The molecule has 3 aliphatic rings. The van der Waals surface area contributed by atoms with Crippen LogP contribution >= 0.6 is 0 Å². The Morgan fingerprint density at radius 2 is 1.93 bits per heavy atom. The molecule has 3 heterocycles. The van der Waals surface area contributed by atoms with Gasteiger partial charge in [0.15, 0.2) is 23.1 Å². The Morgan fingerprint density at radius 3 is 2.70 bits per heavy atom. The maximum absolute atomic E-state index is 14.6. The normalized spacial score (nSPS) is 25.5. The molecule has 0 amide bonds. The zero-order chi connectivity index (χ0) is 20.8. The first-order chi connectivity index (χ1) is 14.5. The highest BCUT2D eigenvalue weighted by Crippen LogP contribution is 2.47. The van der Waals surface area contributed by atoms with Gasteiger partial charge in [-0.25, -0.2) is 23.7 Å². The van der Waals surface area contributed by atoms with Gasteiger partial charge in [0.1, 0.15) is 11.5 Å². The molecule has 0 saturated heterocycles. The van der Waals surface area contributed by atoms with Gasteiger partial charge in [-0.3, -0.25) is 9.89 Å². The first-order valence-electron chi connectivity index (χ1n) is 10.0. The molecule has 2 atom stereocenters. The summed E-state index contributed by atoms with van der Waals surface area (Å²) in [5, 5.41) is 19.7. The van der Waals surface area contributed by atoms with Crippen molar-refractivity contribution in [2.45, 2.75) is 38.1 Å². The molecular formula is C20H20F2N6O2. The van der Waals surface area contributed by atoms with Gasteiger partial charge in [0.25, 0.3) is 0 Å². The number of halogens is 2. The summed E-state index contributed by atoms with van der Waals surface area (Å²) < 4.78 is 28.2.